The Morgan fingerprint density at radius 3 is 2.76 bits per heavy atom. The summed E-state index contributed by atoms with van der Waals surface area (Å²) >= 11 is 6.04. The summed E-state index contributed by atoms with van der Waals surface area (Å²) in [4.78, 5) is 4.20. The summed E-state index contributed by atoms with van der Waals surface area (Å²) in [5.41, 5.74) is 2.97. The van der Waals surface area contributed by atoms with Crippen LogP contribution in [0, 0.1) is 13.8 Å². The van der Waals surface area contributed by atoms with Gasteiger partial charge < -0.3 is 8.94 Å². The Hall–Kier alpha value is -1.81. The van der Waals surface area contributed by atoms with Gasteiger partial charge in [0, 0.05) is 12.3 Å². The first kappa shape index (κ1) is 10.4. The molecular formula is C12H9ClN2O2. The number of furan rings is 1. The number of fused-ring (bicyclic) bond motifs is 1. The lowest BCUT2D eigenvalue weighted by Crippen LogP contribution is -1.77. The molecular weight excluding hydrogens is 240 g/mol. The molecule has 0 amide bonds. The van der Waals surface area contributed by atoms with Gasteiger partial charge in [-0.1, -0.05) is 16.8 Å². The summed E-state index contributed by atoms with van der Waals surface area (Å²) in [5, 5.41) is 4.45. The van der Waals surface area contributed by atoms with Gasteiger partial charge in [0.15, 0.2) is 5.58 Å². The van der Waals surface area contributed by atoms with Gasteiger partial charge in [-0.15, -0.1) is 0 Å². The normalized spacial score (nSPS) is 11.2. The van der Waals surface area contributed by atoms with E-state index in [1.165, 1.54) is 0 Å². The summed E-state index contributed by atoms with van der Waals surface area (Å²) in [6.07, 6.45) is 1.65. The predicted octanol–water partition coefficient (Wildman–Crippen LogP) is 3.75. The van der Waals surface area contributed by atoms with Crippen molar-refractivity contribution in [3.8, 4) is 11.3 Å². The molecule has 4 nitrogen and oxygen atoms in total. The van der Waals surface area contributed by atoms with Gasteiger partial charge in [-0.25, -0.2) is 0 Å². The van der Waals surface area contributed by atoms with Crippen LogP contribution in [0.3, 0.4) is 0 Å². The van der Waals surface area contributed by atoms with Crippen molar-refractivity contribution in [1.82, 2.24) is 10.1 Å². The fraction of sp³-hybridized carbons (Fsp3) is 0.167. The molecule has 0 spiro atoms. The monoisotopic (exact) mass is 248 g/mol. The van der Waals surface area contributed by atoms with E-state index in [2.05, 4.69) is 10.1 Å². The van der Waals surface area contributed by atoms with Gasteiger partial charge in [0.2, 0.25) is 0 Å². The van der Waals surface area contributed by atoms with E-state index in [-0.39, 0.29) is 0 Å². The largest absolute Gasteiger partial charge is 0.453 e. The Balaban J connectivity index is 2.29. The van der Waals surface area contributed by atoms with E-state index in [1.807, 2.05) is 19.9 Å². The maximum absolute atomic E-state index is 6.04. The van der Waals surface area contributed by atoms with Crippen molar-refractivity contribution in [3.05, 3.63) is 34.8 Å². The van der Waals surface area contributed by atoms with Crippen LogP contribution in [0.1, 0.15) is 11.5 Å². The number of hydrogen-bond donors (Lipinski definition) is 0. The van der Waals surface area contributed by atoms with Crippen LogP contribution in [-0.2, 0) is 0 Å². The average molecular weight is 249 g/mol. The standard InChI is InChI=1S/C12H9ClN2O2/c1-6-11(7(2)17-15-6)10-5-9-12(16-10)8(13)3-4-14-9/h3-5H,1-2H3. The maximum atomic E-state index is 6.04. The van der Waals surface area contributed by atoms with E-state index in [1.54, 1.807) is 12.3 Å². The summed E-state index contributed by atoms with van der Waals surface area (Å²) in [5.74, 6) is 1.40. The van der Waals surface area contributed by atoms with Crippen LogP contribution >= 0.6 is 11.6 Å². The molecule has 17 heavy (non-hydrogen) atoms. The molecule has 3 rings (SSSR count). The van der Waals surface area contributed by atoms with Gasteiger partial charge in [0.25, 0.3) is 0 Å². The first-order chi connectivity index (χ1) is 8.16. The van der Waals surface area contributed by atoms with Crippen LogP contribution < -0.4 is 0 Å². The molecule has 0 aliphatic heterocycles. The Morgan fingerprint density at radius 1 is 1.29 bits per heavy atom. The van der Waals surface area contributed by atoms with Crippen molar-refractivity contribution in [2.75, 3.05) is 0 Å². The SMILES string of the molecule is Cc1noc(C)c1-c1cc2nccc(Cl)c2o1. The van der Waals surface area contributed by atoms with E-state index in [0.717, 1.165) is 22.5 Å². The fourth-order valence-electron chi connectivity index (χ4n) is 1.87. The van der Waals surface area contributed by atoms with Gasteiger partial charge in [0.1, 0.15) is 17.0 Å². The lowest BCUT2D eigenvalue weighted by molar-refractivity contribution is 0.393. The summed E-state index contributed by atoms with van der Waals surface area (Å²) in [6, 6.07) is 3.54. The van der Waals surface area contributed by atoms with Crippen molar-refractivity contribution in [2.24, 2.45) is 0 Å². The quantitative estimate of drug-likeness (QED) is 0.658. The van der Waals surface area contributed by atoms with Crippen LogP contribution in [0.2, 0.25) is 5.02 Å². The van der Waals surface area contributed by atoms with E-state index in [4.69, 9.17) is 20.5 Å². The van der Waals surface area contributed by atoms with Gasteiger partial charge in [-0.2, -0.15) is 0 Å². The fourth-order valence-corrected chi connectivity index (χ4v) is 2.06. The lowest BCUT2D eigenvalue weighted by Gasteiger charge is -1.93. The van der Waals surface area contributed by atoms with Crippen LogP contribution in [0.25, 0.3) is 22.4 Å². The molecule has 0 fully saturated rings. The molecule has 3 heterocycles. The minimum absolute atomic E-state index is 0.549. The van der Waals surface area contributed by atoms with Crippen molar-refractivity contribution >= 4 is 22.7 Å². The van der Waals surface area contributed by atoms with Crippen molar-refractivity contribution < 1.29 is 8.94 Å². The molecule has 0 saturated heterocycles. The van der Waals surface area contributed by atoms with Crippen LogP contribution in [0.4, 0.5) is 0 Å². The number of pyridine rings is 1. The highest BCUT2D eigenvalue weighted by Crippen LogP contribution is 2.33. The predicted molar refractivity (Wildman–Crippen MR) is 64.0 cm³/mol. The molecule has 0 atom stereocenters. The Morgan fingerprint density at radius 2 is 2.12 bits per heavy atom. The Bertz CT molecular complexity index is 680. The number of halogens is 1. The van der Waals surface area contributed by atoms with Gasteiger partial charge in [-0.3, -0.25) is 4.98 Å². The maximum Gasteiger partial charge on any atom is 0.171 e. The first-order valence-corrected chi connectivity index (χ1v) is 5.52. The number of aryl methyl sites for hydroxylation is 2. The first-order valence-electron chi connectivity index (χ1n) is 5.14. The average Bonchev–Trinajstić information content (AvgIpc) is 2.84. The second-order valence-corrected chi connectivity index (χ2v) is 4.22. The summed E-state index contributed by atoms with van der Waals surface area (Å²) < 4.78 is 10.8. The lowest BCUT2D eigenvalue weighted by atomic mass is 10.1. The summed E-state index contributed by atoms with van der Waals surface area (Å²) in [7, 11) is 0. The van der Waals surface area contributed by atoms with Crippen molar-refractivity contribution in [2.45, 2.75) is 13.8 Å². The molecule has 0 N–H and O–H groups in total. The molecule has 0 aliphatic rings. The van der Waals surface area contributed by atoms with Crippen molar-refractivity contribution in [3.63, 3.8) is 0 Å². The molecule has 0 radical (unpaired) electrons. The smallest absolute Gasteiger partial charge is 0.171 e. The van der Waals surface area contributed by atoms with E-state index >= 15 is 0 Å². The molecule has 0 aromatic carbocycles. The number of rotatable bonds is 1. The molecule has 0 bridgehead atoms. The van der Waals surface area contributed by atoms with Crippen LogP contribution in [0.5, 0.6) is 0 Å². The zero-order valence-electron chi connectivity index (χ0n) is 9.32. The second kappa shape index (κ2) is 3.60. The third kappa shape index (κ3) is 1.52. The number of nitrogens with zero attached hydrogens (tertiary/aromatic N) is 2. The minimum Gasteiger partial charge on any atom is -0.453 e. The van der Waals surface area contributed by atoms with Gasteiger partial charge >= 0.3 is 0 Å². The zero-order chi connectivity index (χ0) is 12.0. The third-order valence-corrected chi connectivity index (χ3v) is 2.94. The summed E-state index contributed by atoms with van der Waals surface area (Å²) in [6.45, 7) is 3.71. The molecule has 3 aromatic heterocycles. The van der Waals surface area contributed by atoms with Crippen LogP contribution in [-0.4, -0.2) is 10.1 Å². The minimum atomic E-state index is 0.549. The third-order valence-electron chi connectivity index (χ3n) is 2.64. The van der Waals surface area contributed by atoms with Crippen molar-refractivity contribution in [1.29, 1.82) is 0 Å². The Labute approximate surface area is 102 Å². The molecule has 3 aromatic rings. The number of aromatic nitrogens is 2. The van der Waals surface area contributed by atoms with E-state index in [0.29, 0.717) is 16.4 Å². The molecule has 0 aliphatic carbocycles. The molecule has 86 valence electrons. The highest BCUT2D eigenvalue weighted by Gasteiger charge is 2.17. The number of hydrogen-bond acceptors (Lipinski definition) is 4. The van der Waals surface area contributed by atoms with E-state index < -0.39 is 0 Å². The zero-order valence-corrected chi connectivity index (χ0v) is 10.1. The van der Waals surface area contributed by atoms with Crippen LogP contribution in [0.15, 0.2) is 27.3 Å². The van der Waals surface area contributed by atoms with E-state index in [9.17, 15) is 0 Å². The highest BCUT2D eigenvalue weighted by molar-refractivity contribution is 6.34. The topological polar surface area (TPSA) is 52.1 Å². The molecule has 0 unspecified atom stereocenters. The molecule has 0 saturated carbocycles. The molecule has 5 heteroatoms. The van der Waals surface area contributed by atoms with Gasteiger partial charge in [-0.05, 0) is 19.9 Å². The highest BCUT2D eigenvalue weighted by atomic mass is 35.5. The van der Waals surface area contributed by atoms with Gasteiger partial charge in [0.05, 0.1) is 16.3 Å². The Kier molecular flexibility index (Phi) is 2.19. The second-order valence-electron chi connectivity index (χ2n) is 3.82.